The van der Waals surface area contributed by atoms with Crippen molar-refractivity contribution in [2.45, 2.75) is 4.90 Å². The van der Waals surface area contributed by atoms with E-state index in [1.54, 1.807) is 11.8 Å². The first-order chi connectivity index (χ1) is 5.24. The predicted molar refractivity (Wildman–Crippen MR) is 55.8 cm³/mol. The summed E-state index contributed by atoms with van der Waals surface area (Å²) in [4.78, 5) is 1.30. The third-order valence-corrected chi connectivity index (χ3v) is 2.29. The third kappa shape index (κ3) is 2.16. The van der Waals surface area contributed by atoms with Crippen LogP contribution in [0.2, 0.25) is 0 Å². The van der Waals surface area contributed by atoms with Crippen molar-refractivity contribution in [3.63, 3.8) is 0 Å². The van der Waals surface area contributed by atoms with Crippen LogP contribution in [0.4, 0.5) is 0 Å². The first-order valence-electron chi connectivity index (χ1n) is 3.54. The maximum atomic E-state index is 3.89. The second kappa shape index (κ2) is 3.68. The SMILES string of the molecule is BC(=C)c1cccc(SC)c1. The molecule has 0 spiro atoms. The maximum absolute atomic E-state index is 3.89. The van der Waals surface area contributed by atoms with E-state index < -0.39 is 0 Å². The van der Waals surface area contributed by atoms with Crippen molar-refractivity contribution in [3.05, 3.63) is 36.4 Å². The lowest BCUT2D eigenvalue weighted by atomic mass is 9.90. The molecule has 2 heteroatoms. The van der Waals surface area contributed by atoms with Gasteiger partial charge in [0.2, 0.25) is 0 Å². The summed E-state index contributed by atoms with van der Waals surface area (Å²) in [6.45, 7) is 3.89. The van der Waals surface area contributed by atoms with Gasteiger partial charge in [-0.25, -0.2) is 0 Å². The van der Waals surface area contributed by atoms with Crippen molar-refractivity contribution in [2.24, 2.45) is 0 Å². The van der Waals surface area contributed by atoms with Gasteiger partial charge in [0.1, 0.15) is 7.85 Å². The van der Waals surface area contributed by atoms with Crippen molar-refractivity contribution < 1.29 is 0 Å². The normalized spacial score (nSPS) is 9.55. The lowest BCUT2D eigenvalue weighted by molar-refractivity contribution is 1.45. The van der Waals surface area contributed by atoms with Crippen LogP contribution >= 0.6 is 11.8 Å². The van der Waals surface area contributed by atoms with Crippen molar-refractivity contribution >= 4 is 25.1 Å². The van der Waals surface area contributed by atoms with E-state index >= 15 is 0 Å². The molecule has 1 rings (SSSR count). The molecule has 0 aromatic heterocycles. The molecule has 0 nitrogen and oxygen atoms in total. The van der Waals surface area contributed by atoms with Gasteiger partial charge in [0, 0.05) is 4.90 Å². The molecule has 0 unspecified atom stereocenters. The predicted octanol–water partition coefficient (Wildman–Crippen LogP) is 2.01. The van der Waals surface area contributed by atoms with Crippen LogP contribution in [0.1, 0.15) is 5.56 Å². The Bertz CT molecular complexity index is 268. The Morgan fingerprint density at radius 3 is 2.82 bits per heavy atom. The molecule has 0 heterocycles. The Kier molecular flexibility index (Phi) is 2.83. The summed E-state index contributed by atoms with van der Waals surface area (Å²) >= 11 is 1.76. The Labute approximate surface area is 73.1 Å². The summed E-state index contributed by atoms with van der Waals surface area (Å²) in [5.74, 6) is 0. The molecule has 0 amide bonds. The van der Waals surface area contributed by atoms with Crippen LogP contribution < -0.4 is 0 Å². The molecule has 0 aliphatic carbocycles. The van der Waals surface area contributed by atoms with E-state index in [4.69, 9.17) is 0 Å². The van der Waals surface area contributed by atoms with Crippen molar-refractivity contribution in [1.82, 2.24) is 0 Å². The fraction of sp³-hybridized carbons (Fsp3) is 0.111. The van der Waals surface area contributed by atoms with E-state index in [-0.39, 0.29) is 0 Å². The zero-order chi connectivity index (χ0) is 8.27. The molecule has 0 bridgehead atoms. The molecule has 1 aromatic carbocycles. The van der Waals surface area contributed by atoms with Crippen LogP contribution in [0.15, 0.2) is 35.7 Å². The van der Waals surface area contributed by atoms with Gasteiger partial charge in [-0.1, -0.05) is 17.6 Å². The summed E-state index contributed by atoms with van der Waals surface area (Å²) in [6, 6.07) is 8.42. The summed E-state index contributed by atoms with van der Waals surface area (Å²) in [5.41, 5.74) is 2.36. The Hall–Kier alpha value is -0.625. The topological polar surface area (TPSA) is 0 Å². The van der Waals surface area contributed by atoms with Crippen LogP contribution in [0.3, 0.4) is 0 Å². The van der Waals surface area contributed by atoms with E-state index in [0.717, 1.165) is 5.47 Å². The van der Waals surface area contributed by atoms with Gasteiger partial charge in [-0.2, -0.15) is 0 Å². The van der Waals surface area contributed by atoms with Crippen LogP contribution in [0.5, 0.6) is 0 Å². The zero-order valence-corrected chi connectivity index (χ0v) is 7.74. The lowest BCUT2D eigenvalue weighted by Gasteiger charge is -2.01. The fourth-order valence-electron chi connectivity index (χ4n) is 0.889. The number of hydrogen-bond donors (Lipinski definition) is 0. The molecule has 0 aliphatic heterocycles. The Morgan fingerprint density at radius 2 is 2.27 bits per heavy atom. The first-order valence-corrected chi connectivity index (χ1v) is 4.76. The number of hydrogen-bond acceptors (Lipinski definition) is 1. The summed E-state index contributed by atoms with van der Waals surface area (Å²) in [5, 5.41) is 0. The van der Waals surface area contributed by atoms with Crippen LogP contribution in [-0.2, 0) is 0 Å². The van der Waals surface area contributed by atoms with Gasteiger partial charge in [-0.15, -0.1) is 18.3 Å². The summed E-state index contributed by atoms with van der Waals surface area (Å²) in [6.07, 6.45) is 2.08. The first kappa shape index (κ1) is 8.47. The number of benzene rings is 1. The Morgan fingerprint density at radius 1 is 1.55 bits per heavy atom. The van der Waals surface area contributed by atoms with Crippen molar-refractivity contribution in [1.29, 1.82) is 0 Å². The average molecular weight is 162 g/mol. The highest BCUT2D eigenvalue weighted by Gasteiger charge is 1.93. The van der Waals surface area contributed by atoms with E-state index in [1.807, 2.05) is 7.85 Å². The largest absolute Gasteiger partial charge is 0.139 e. The molecule has 11 heavy (non-hydrogen) atoms. The van der Waals surface area contributed by atoms with Gasteiger partial charge in [0.05, 0.1) is 0 Å². The minimum Gasteiger partial charge on any atom is -0.130 e. The third-order valence-electron chi connectivity index (χ3n) is 1.56. The molecular formula is C9H11BS. The average Bonchev–Trinajstić information content (AvgIpc) is 2.05. The van der Waals surface area contributed by atoms with E-state index in [9.17, 15) is 0 Å². The van der Waals surface area contributed by atoms with Crippen molar-refractivity contribution in [2.75, 3.05) is 6.26 Å². The number of rotatable bonds is 2. The second-order valence-electron chi connectivity index (χ2n) is 2.51. The molecule has 0 fully saturated rings. The molecular weight excluding hydrogens is 151 g/mol. The molecule has 56 valence electrons. The van der Waals surface area contributed by atoms with Gasteiger partial charge in [-0.05, 0) is 24.0 Å². The summed E-state index contributed by atoms with van der Waals surface area (Å²) in [7, 11) is 2.03. The van der Waals surface area contributed by atoms with Crippen LogP contribution in [0, 0.1) is 0 Å². The smallest absolute Gasteiger partial charge is 0.130 e. The summed E-state index contributed by atoms with van der Waals surface area (Å²) < 4.78 is 0. The lowest BCUT2D eigenvalue weighted by Crippen LogP contribution is -1.80. The van der Waals surface area contributed by atoms with Gasteiger partial charge in [0.15, 0.2) is 0 Å². The zero-order valence-electron chi connectivity index (χ0n) is 6.92. The molecule has 1 aromatic rings. The van der Waals surface area contributed by atoms with Crippen LogP contribution in [-0.4, -0.2) is 14.1 Å². The van der Waals surface area contributed by atoms with Gasteiger partial charge < -0.3 is 0 Å². The molecule has 0 radical (unpaired) electrons. The maximum Gasteiger partial charge on any atom is 0.139 e. The molecule has 0 N–H and O–H groups in total. The van der Waals surface area contributed by atoms with E-state index in [2.05, 4.69) is 37.1 Å². The number of thioether (sulfide) groups is 1. The quantitative estimate of drug-likeness (QED) is 0.473. The minimum atomic E-state index is 1.13. The standard InChI is InChI=1S/C9H11BS/c1-7(10)8-4-3-5-9(6-8)11-2/h3-6H,1,10H2,2H3. The molecule has 0 aliphatic rings. The van der Waals surface area contributed by atoms with Gasteiger partial charge >= 0.3 is 0 Å². The molecule has 0 saturated carbocycles. The van der Waals surface area contributed by atoms with Crippen molar-refractivity contribution in [3.8, 4) is 0 Å². The van der Waals surface area contributed by atoms with Gasteiger partial charge in [0.25, 0.3) is 0 Å². The molecule has 0 atom stereocenters. The van der Waals surface area contributed by atoms with E-state index in [0.29, 0.717) is 0 Å². The van der Waals surface area contributed by atoms with Crippen LogP contribution in [0.25, 0.3) is 5.47 Å². The highest BCUT2D eigenvalue weighted by Crippen LogP contribution is 2.18. The minimum absolute atomic E-state index is 1.13. The monoisotopic (exact) mass is 162 g/mol. The van der Waals surface area contributed by atoms with E-state index in [1.165, 1.54) is 10.5 Å². The fourth-order valence-corrected chi connectivity index (χ4v) is 1.35. The highest BCUT2D eigenvalue weighted by atomic mass is 32.2. The highest BCUT2D eigenvalue weighted by molar-refractivity contribution is 7.98. The second-order valence-corrected chi connectivity index (χ2v) is 3.39. The Balaban J connectivity index is 3.01. The molecule has 0 saturated heterocycles. The van der Waals surface area contributed by atoms with Gasteiger partial charge in [-0.3, -0.25) is 0 Å².